The van der Waals surface area contributed by atoms with Crippen LogP contribution in [0, 0.1) is 13.8 Å². The van der Waals surface area contributed by atoms with Crippen LogP contribution in [0.15, 0.2) is 54.7 Å². The van der Waals surface area contributed by atoms with E-state index in [9.17, 15) is 0 Å². The van der Waals surface area contributed by atoms with Crippen molar-refractivity contribution in [2.75, 3.05) is 0 Å². The van der Waals surface area contributed by atoms with Crippen molar-refractivity contribution in [1.29, 1.82) is 0 Å². The molecular weight excluding hydrogens is 244 g/mol. The van der Waals surface area contributed by atoms with E-state index in [2.05, 4.69) is 49.2 Å². The topological polar surface area (TPSA) is 38.9 Å². The van der Waals surface area contributed by atoms with Gasteiger partial charge in [-0.1, -0.05) is 48.0 Å². The maximum absolute atomic E-state index is 6.47. The van der Waals surface area contributed by atoms with Crippen LogP contribution in [0.25, 0.3) is 10.8 Å². The number of hydrogen-bond donors (Lipinski definition) is 1. The van der Waals surface area contributed by atoms with E-state index in [4.69, 9.17) is 5.73 Å². The average molecular weight is 262 g/mol. The second-order valence-corrected chi connectivity index (χ2v) is 5.26. The number of nitrogens with zero attached hydrogens (tertiary/aromatic N) is 1. The Morgan fingerprint density at radius 3 is 2.60 bits per heavy atom. The van der Waals surface area contributed by atoms with Crippen LogP contribution in [0.4, 0.5) is 0 Å². The summed E-state index contributed by atoms with van der Waals surface area (Å²) in [4.78, 5) is 4.52. The van der Waals surface area contributed by atoms with Crippen molar-refractivity contribution < 1.29 is 0 Å². The molecule has 2 aromatic carbocycles. The molecule has 1 aromatic heterocycles. The smallest absolute Gasteiger partial charge is 0.0735 e. The molecule has 0 amide bonds. The summed E-state index contributed by atoms with van der Waals surface area (Å²) in [6.07, 6.45) is 1.83. The van der Waals surface area contributed by atoms with Crippen molar-refractivity contribution in [3.63, 3.8) is 0 Å². The summed E-state index contributed by atoms with van der Waals surface area (Å²) < 4.78 is 0. The first-order chi connectivity index (χ1) is 9.66. The van der Waals surface area contributed by atoms with Gasteiger partial charge in [-0.2, -0.15) is 0 Å². The predicted octanol–water partition coefficient (Wildman–Crippen LogP) is 3.90. The Balaban J connectivity index is 2.15. The van der Waals surface area contributed by atoms with Crippen LogP contribution in [0.2, 0.25) is 0 Å². The van der Waals surface area contributed by atoms with Crippen LogP contribution in [-0.2, 0) is 0 Å². The van der Waals surface area contributed by atoms with Gasteiger partial charge in [0.15, 0.2) is 0 Å². The van der Waals surface area contributed by atoms with E-state index in [1.165, 1.54) is 16.5 Å². The highest BCUT2D eigenvalue weighted by Gasteiger charge is 2.15. The van der Waals surface area contributed by atoms with E-state index < -0.39 is 0 Å². The summed E-state index contributed by atoms with van der Waals surface area (Å²) in [6.45, 7) is 4.20. The van der Waals surface area contributed by atoms with Gasteiger partial charge in [-0.05, 0) is 36.4 Å². The average Bonchev–Trinajstić information content (AvgIpc) is 2.46. The fourth-order valence-corrected chi connectivity index (χ4v) is 2.71. The van der Waals surface area contributed by atoms with Crippen molar-refractivity contribution in [2.45, 2.75) is 19.9 Å². The van der Waals surface area contributed by atoms with E-state index in [1.54, 1.807) is 0 Å². The lowest BCUT2D eigenvalue weighted by Crippen LogP contribution is -2.15. The Labute approximate surface area is 119 Å². The highest BCUT2D eigenvalue weighted by Crippen LogP contribution is 2.27. The van der Waals surface area contributed by atoms with Crippen LogP contribution in [-0.4, -0.2) is 4.98 Å². The van der Waals surface area contributed by atoms with Gasteiger partial charge in [-0.3, -0.25) is 4.98 Å². The van der Waals surface area contributed by atoms with Gasteiger partial charge in [-0.15, -0.1) is 0 Å². The molecule has 0 aliphatic heterocycles. The van der Waals surface area contributed by atoms with Crippen molar-refractivity contribution >= 4 is 10.8 Å². The normalized spacial score (nSPS) is 12.6. The number of aromatic nitrogens is 1. The molecule has 0 bridgehead atoms. The minimum absolute atomic E-state index is 0.193. The molecule has 0 aliphatic rings. The van der Waals surface area contributed by atoms with Crippen LogP contribution < -0.4 is 5.73 Å². The van der Waals surface area contributed by atoms with Crippen molar-refractivity contribution in [1.82, 2.24) is 4.98 Å². The lowest BCUT2D eigenvalue weighted by Gasteiger charge is -2.16. The molecule has 0 aliphatic carbocycles. The van der Waals surface area contributed by atoms with Gasteiger partial charge >= 0.3 is 0 Å². The molecule has 0 spiro atoms. The van der Waals surface area contributed by atoms with E-state index in [0.29, 0.717) is 0 Å². The monoisotopic (exact) mass is 262 g/mol. The van der Waals surface area contributed by atoms with Crippen molar-refractivity contribution in [2.24, 2.45) is 5.73 Å². The highest BCUT2D eigenvalue weighted by molar-refractivity contribution is 5.85. The zero-order chi connectivity index (χ0) is 14.1. The lowest BCUT2D eigenvalue weighted by atomic mass is 9.95. The maximum Gasteiger partial charge on any atom is 0.0735 e. The lowest BCUT2D eigenvalue weighted by molar-refractivity contribution is 0.831. The third-order valence-electron chi connectivity index (χ3n) is 3.76. The van der Waals surface area contributed by atoms with Crippen LogP contribution in [0.1, 0.15) is 28.4 Å². The SMILES string of the molecule is Cc1ccc(C(N)c2nccc3ccccc23)c(C)c1. The van der Waals surface area contributed by atoms with Gasteiger partial charge in [0.2, 0.25) is 0 Å². The van der Waals surface area contributed by atoms with Gasteiger partial charge in [0.25, 0.3) is 0 Å². The Kier molecular flexibility index (Phi) is 3.25. The molecule has 3 aromatic rings. The van der Waals surface area contributed by atoms with Crippen LogP contribution in [0.3, 0.4) is 0 Å². The van der Waals surface area contributed by atoms with Crippen molar-refractivity contribution in [3.8, 4) is 0 Å². The van der Waals surface area contributed by atoms with E-state index >= 15 is 0 Å². The summed E-state index contributed by atoms with van der Waals surface area (Å²) in [5.74, 6) is 0. The number of hydrogen-bond acceptors (Lipinski definition) is 2. The molecule has 2 N–H and O–H groups in total. The third kappa shape index (κ3) is 2.19. The molecule has 20 heavy (non-hydrogen) atoms. The molecule has 0 saturated carbocycles. The second-order valence-electron chi connectivity index (χ2n) is 5.26. The summed E-state index contributed by atoms with van der Waals surface area (Å²) >= 11 is 0. The van der Waals surface area contributed by atoms with Gasteiger partial charge in [0, 0.05) is 11.6 Å². The van der Waals surface area contributed by atoms with E-state index in [0.717, 1.165) is 16.6 Å². The number of aryl methyl sites for hydroxylation is 2. The number of fused-ring (bicyclic) bond motifs is 1. The minimum atomic E-state index is -0.193. The Hall–Kier alpha value is -2.19. The third-order valence-corrected chi connectivity index (χ3v) is 3.76. The fourth-order valence-electron chi connectivity index (χ4n) is 2.71. The molecule has 0 fully saturated rings. The summed E-state index contributed by atoms with van der Waals surface area (Å²) in [5, 5.41) is 2.31. The standard InChI is InChI=1S/C18H18N2/c1-12-7-8-15(13(2)11-12)17(19)18-16-6-4-3-5-14(16)9-10-20-18/h3-11,17H,19H2,1-2H3. The molecule has 2 heteroatoms. The van der Waals surface area contributed by atoms with Gasteiger partial charge in [0.1, 0.15) is 0 Å². The van der Waals surface area contributed by atoms with Gasteiger partial charge in [-0.25, -0.2) is 0 Å². The first-order valence-corrected chi connectivity index (χ1v) is 6.83. The quantitative estimate of drug-likeness (QED) is 0.760. The van der Waals surface area contributed by atoms with Gasteiger partial charge in [0.05, 0.1) is 11.7 Å². The molecule has 1 atom stereocenters. The first-order valence-electron chi connectivity index (χ1n) is 6.83. The fraction of sp³-hybridized carbons (Fsp3) is 0.167. The Morgan fingerprint density at radius 2 is 1.80 bits per heavy atom. The zero-order valence-electron chi connectivity index (χ0n) is 11.8. The first kappa shape index (κ1) is 12.8. The highest BCUT2D eigenvalue weighted by atomic mass is 14.8. The van der Waals surface area contributed by atoms with E-state index in [-0.39, 0.29) is 6.04 Å². The molecule has 3 rings (SSSR count). The number of nitrogens with two attached hydrogens (primary N) is 1. The molecule has 0 radical (unpaired) electrons. The number of rotatable bonds is 2. The van der Waals surface area contributed by atoms with Crippen LogP contribution >= 0.6 is 0 Å². The second kappa shape index (κ2) is 5.06. The molecule has 1 heterocycles. The number of pyridine rings is 1. The molecule has 1 unspecified atom stereocenters. The molecule has 2 nitrogen and oxygen atoms in total. The predicted molar refractivity (Wildman–Crippen MR) is 83.7 cm³/mol. The molecule has 100 valence electrons. The Bertz CT molecular complexity index is 757. The molecule has 0 saturated heterocycles. The Morgan fingerprint density at radius 1 is 1.00 bits per heavy atom. The summed E-state index contributed by atoms with van der Waals surface area (Å²) in [7, 11) is 0. The summed E-state index contributed by atoms with van der Waals surface area (Å²) in [5.41, 5.74) is 11.0. The van der Waals surface area contributed by atoms with Crippen molar-refractivity contribution in [3.05, 3.63) is 77.1 Å². The summed E-state index contributed by atoms with van der Waals surface area (Å²) in [6, 6.07) is 16.5. The van der Waals surface area contributed by atoms with Crippen LogP contribution in [0.5, 0.6) is 0 Å². The molecular formula is C18H18N2. The maximum atomic E-state index is 6.47. The zero-order valence-corrected chi connectivity index (χ0v) is 11.8. The minimum Gasteiger partial charge on any atom is -0.319 e. The largest absolute Gasteiger partial charge is 0.319 e. The van der Waals surface area contributed by atoms with Gasteiger partial charge < -0.3 is 5.73 Å². The van der Waals surface area contributed by atoms with E-state index in [1.807, 2.05) is 24.4 Å². The number of benzene rings is 2.